The average Bonchev–Trinajstić information content (AvgIpc) is 2.25. The normalized spacial score (nSPS) is 9.25. The van der Waals surface area contributed by atoms with E-state index in [0.717, 1.165) is 18.2 Å². The van der Waals surface area contributed by atoms with Gasteiger partial charge in [-0.15, -0.1) is 6.42 Å². The quantitative estimate of drug-likeness (QED) is 0.472. The summed E-state index contributed by atoms with van der Waals surface area (Å²) in [5.74, 6) is 0.545. The van der Waals surface area contributed by atoms with Crippen molar-refractivity contribution in [2.75, 3.05) is 6.54 Å². The first-order chi connectivity index (χ1) is 7.56. The van der Waals surface area contributed by atoms with Crippen LogP contribution < -0.4 is 5.32 Å². The zero-order chi connectivity index (χ0) is 12.1. The SMILES string of the molecule is C#CCNC(=O)c1ccc([N+](=O)[O-])c(F)c1. The smallest absolute Gasteiger partial charge is 0.304 e. The average molecular weight is 222 g/mol. The highest BCUT2D eigenvalue weighted by atomic mass is 19.1. The lowest BCUT2D eigenvalue weighted by Gasteiger charge is -2.01. The Kier molecular flexibility index (Phi) is 3.56. The molecular formula is C10H7FN2O3. The maximum atomic E-state index is 13.1. The van der Waals surface area contributed by atoms with Gasteiger partial charge in [-0.05, 0) is 12.1 Å². The Morgan fingerprint density at radius 2 is 2.31 bits per heavy atom. The van der Waals surface area contributed by atoms with Gasteiger partial charge in [0, 0.05) is 11.6 Å². The molecule has 1 aromatic rings. The van der Waals surface area contributed by atoms with Crippen molar-refractivity contribution in [2.24, 2.45) is 0 Å². The van der Waals surface area contributed by atoms with E-state index in [-0.39, 0.29) is 12.1 Å². The van der Waals surface area contributed by atoms with Gasteiger partial charge in [0.2, 0.25) is 5.82 Å². The lowest BCUT2D eigenvalue weighted by Crippen LogP contribution is -2.23. The Hall–Kier alpha value is -2.42. The van der Waals surface area contributed by atoms with Crippen LogP contribution in [-0.4, -0.2) is 17.4 Å². The van der Waals surface area contributed by atoms with E-state index >= 15 is 0 Å². The van der Waals surface area contributed by atoms with E-state index in [9.17, 15) is 19.3 Å². The number of hydrogen-bond acceptors (Lipinski definition) is 3. The number of nitro groups is 1. The van der Waals surface area contributed by atoms with Gasteiger partial charge in [-0.3, -0.25) is 14.9 Å². The minimum absolute atomic E-state index is 0.0113. The molecule has 0 aromatic heterocycles. The Morgan fingerprint density at radius 1 is 1.62 bits per heavy atom. The van der Waals surface area contributed by atoms with Gasteiger partial charge >= 0.3 is 5.69 Å². The van der Waals surface area contributed by atoms with Crippen molar-refractivity contribution in [1.29, 1.82) is 0 Å². The molecule has 1 N–H and O–H groups in total. The number of terminal acetylenes is 1. The fraction of sp³-hybridized carbons (Fsp3) is 0.100. The van der Waals surface area contributed by atoms with Gasteiger partial charge < -0.3 is 5.32 Å². The zero-order valence-electron chi connectivity index (χ0n) is 8.07. The maximum absolute atomic E-state index is 13.1. The van der Waals surface area contributed by atoms with Crippen molar-refractivity contribution in [3.05, 3.63) is 39.7 Å². The molecule has 0 spiro atoms. The molecule has 16 heavy (non-hydrogen) atoms. The number of carbonyl (C=O) groups is 1. The van der Waals surface area contributed by atoms with E-state index < -0.39 is 22.3 Å². The zero-order valence-corrected chi connectivity index (χ0v) is 8.07. The van der Waals surface area contributed by atoms with E-state index in [1.54, 1.807) is 0 Å². The molecule has 0 heterocycles. The molecular weight excluding hydrogens is 215 g/mol. The number of nitro benzene ring substituents is 1. The highest BCUT2D eigenvalue weighted by molar-refractivity contribution is 5.94. The topological polar surface area (TPSA) is 72.2 Å². The van der Waals surface area contributed by atoms with Crippen LogP contribution in [0.1, 0.15) is 10.4 Å². The van der Waals surface area contributed by atoms with E-state index in [4.69, 9.17) is 6.42 Å². The molecule has 0 aliphatic heterocycles. The van der Waals surface area contributed by atoms with Crippen molar-refractivity contribution in [3.8, 4) is 12.3 Å². The summed E-state index contributed by atoms with van der Waals surface area (Å²) in [6.07, 6.45) is 4.92. The number of amides is 1. The lowest BCUT2D eigenvalue weighted by molar-refractivity contribution is -0.387. The molecule has 0 aliphatic carbocycles. The van der Waals surface area contributed by atoms with Crippen molar-refractivity contribution in [3.63, 3.8) is 0 Å². The summed E-state index contributed by atoms with van der Waals surface area (Å²) >= 11 is 0. The second-order valence-corrected chi connectivity index (χ2v) is 2.81. The van der Waals surface area contributed by atoms with Crippen LogP contribution in [0.2, 0.25) is 0 Å². The van der Waals surface area contributed by atoms with Crippen LogP contribution in [0.5, 0.6) is 0 Å². The summed E-state index contributed by atoms with van der Waals surface area (Å²) in [4.78, 5) is 20.7. The molecule has 6 heteroatoms. The third-order valence-corrected chi connectivity index (χ3v) is 1.76. The van der Waals surface area contributed by atoms with Crippen molar-refractivity contribution >= 4 is 11.6 Å². The second kappa shape index (κ2) is 4.89. The standard InChI is InChI=1S/C10H7FN2O3/c1-2-5-12-10(14)7-3-4-9(13(15)16)8(11)6-7/h1,3-4,6H,5H2,(H,12,14). The predicted molar refractivity (Wildman–Crippen MR) is 54.2 cm³/mol. The van der Waals surface area contributed by atoms with Crippen LogP contribution in [0.15, 0.2) is 18.2 Å². The Labute approximate surface area is 90.4 Å². The third-order valence-electron chi connectivity index (χ3n) is 1.76. The molecule has 0 saturated heterocycles. The van der Waals surface area contributed by atoms with Crippen LogP contribution in [-0.2, 0) is 0 Å². The molecule has 0 saturated carbocycles. The molecule has 0 bridgehead atoms. The molecule has 1 aromatic carbocycles. The summed E-state index contributed by atoms with van der Waals surface area (Å²) in [5.41, 5.74) is -0.688. The monoisotopic (exact) mass is 222 g/mol. The molecule has 5 nitrogen and oxygen atoms in total. The van der Waals surface area contributed by atoms with Crippen LogP contribution in [0.4, 0.5) is 10.1 Å². The first-order valence-corrected chi connectivity index (χ1v) is 4.22. The molecule has 0 atom stereocenters. The minimum atomic E-state index is -1.06. The van der Waals surface area contributed by atoms with Crippen LogP contribution in [0, 0.1) is 28.3 Å². The van der Waals surface area contributed by atoms with Gasteiger partial charge in [0.05, 0.1) is 11.5 Å². The summed E-state index contributed by atoms with van der Waals surface area (Å²) in [7, 11) is 0. The van der Waals surface area contributed by atoms with Gasteiger partial charge in [0.1, 0.15) is 0 Å². The van der Waals surface area contributed by atoms with Crippen LogP contribution >= 0.6 is 0 Å². The molecule has 0 unspecified atom stereocenters. The molecule has 0 aliphatic rings. The fourth-order valence-electron chi connectivity index (χ4n) is 1.03. The Bertz CT molecular complexity index is 479. The van der Waals surface area contributed by atoms with E-state index in [2.05, 4.69) is 11.2 Å². The number of hydrogen-bond donors (Lipinski definition) is 1. The van der Waals surface area contributed by atoms with E-state index in [0.29, 0.717) is 0 Å². The largest absolute Gasteiger partial charge is 0.341 e. The first-order valence-electron chi connectivity index (χ1n) is 4.22. The molecule has 1 amide bonds. The highest BCUT2D eigenvalue weighted by Gasteiger charge is 2.16. The number of rotatable bonds is 3. The van der Waals surface area contributed by atoms with Gasteiger partial charge in [0.25, 0.3) is 5.91 Å². The third kappa shape index (κ3) is 2.54. The lowest BCUT2D eigenvalue weighted by atomic mass is 10.2. The van der Waals surface area contributed by atoms with Crippen LogP contribution in [0.25, 0.3) is 0 Å². The van der Waals surface area contributed by atoms with Crippen molar-refractivity contribution < 1.29 is 14.1 Å². The number of carbonyl (C=O) groups excluding carboxylic acids is 1. The van der Waals surface area contributed by atoms with Crippen molar-refractivity contribution in [1.82, 2.24) is 5.32 Å². The molecule has 0 radical (unpaired) electrons. The van der Waals surface area contributed by atoms with Gasteiger partial charge in [-0.25, -0.2) is 0 Å². The predicted octanol–water partition coefficient (Wildman–Crippen LogP) is 1.10. The van der Waals surface area contributed by atoms with E-state index in [1.165, 1.54) is 0 Å². The van der Waals surface area contributed by atoms with Gasteiger partial charge in [-0.2, -0.15) is 4.39 Å². The Balaban J connectivity index is 2.93. The Morgan fingerprint density at radius 3 is 2.81 bits per heavy atom. The summed E-state index contributed by atoms with van der Waals surface area (Å²) in [5, 5.41) is 12.6. The van der Waals surface area contributed by atoms with E-state index in [1.807, 2.05) is 0 Å². The summed E-state index contributed by atoms with van der Waals surface area (Å²) < 4.78 is 13.1. The number of nitrogens with one attached hydrogen (secondary N) is 1. The summed E-state index contributed by atoms with van der Waals surface area (Å²) in [6.45, 7) is 0.0113. The minimum Gasteiger partial charge on any atom is -0.341 e. The van der Waals surface area contributed by atoms with Gasteiger partial charge in [0.15, 0.2) is 0 Å². The number of nitrogens with zero attached hydrogens (tertiary/aromatic N) is 1. The first kappa shape index (κ1) is 11.7. The summed E-state index contributed by atoms with van der Waals surface area (Å²) in [6, 6.07) is 2.89. The number of halogens is 1. The van der Waals surface area contributed by atoms with Gasteiger partial charge in [-0.1, -0.05) is 5.92 Å². The second-order valence-electron chi connectivity index (χ2n) is 2.81. The maximum Gasteiger partial charge on any atom is 0.304 e. The van der Waals surface area contributed by atoms with Crippen LogP contribution in [0.3, 0.4) is 0 Å². The fourth-order valence-corrected chi connectivity index (χ4v) is 1.03. The molecule has 1 rings (SSSR count). The number of benzene rings is 1. The van der Waals surface area contributed by atoms with Crippen molar-refractivity contribution in [2.45, 2.75) is 0 Å². The molecule has 0 fully saturated rings. The molecule has 82 valence electrons. The highest BCUT2D eigenvalue weighted by Crippen LogP contribution is 2.17.